The maximum Gasteiger partial charge on any atom is 0.215 e. The summed E-state index contributed by atoms with van der Waals surface area (Å²) in [6.07, 6.45) is 5.29. The first-order valence-corrected chi connectivity index (χ1v) is 11.1. The highest BCUT2D eigenvalue weighted by atomic mass is 35.5. The number of hydrogen-bond donors (Lipinski definition) is 1. The number of nitrogen functional groups attached to an aromatic ring is 1. The summed E-state index contributed by atoms with van der Waals surface area (Å²) >= 11 is 14.4. The van der Waals surface area contributed by atoms with Crippen LogP contribution in [0.3, 0.4) is 0 Å². The molecule has 1 aromatic heterocycles. The van der Waals surface area contributed by atoms with Crippen LogP contribution in [0.1, 0.15) is 11.1 Å². The number of benzene rings is 2. The molecule has 3 aromatic rings. The number of anilines is 1. The number of rotatable bonds is 7. The van der Waals surface area contributed by atoms with E-state index < -0.39 is 5.79 Å². The molecule has 0 aliphatic carbocycles. The van der Waals surface area contributed by atoms with Crippen molar-refractivity contribution < 1.29 is 9.47 Å². The van der Waals surface area contributed by atoms with E-state index in [2.05, 4.69) is 4.98 Å². The molecule has 2 atom stereocenters. The molecule has 2 N–H and O–H groups in total. The number of thioether (sulfide) groups is 1. The molecule has 1 fully saturated rings. The van der Waals surface area contributed by atoms with Gasteiger partial charge in [-0.3, -0.25) is 0 Å². The molecule has 29 heavy (non-hydrogen) atoms. The summed E-state index contributed by atoms with van der Waals surface area (Å²) in [6.45, 7) is 0.940. The van der Waals surface area contributed by atoms with Gasteiger partial charge in [-0.25, -0.2) is 4.98 Å². The second-order valence-electron chi connectivity index (χ2n) is 6.92. The number of ether oxygens (including phenoxy) is 2. The van der Waals surface area contributed by atoms with Gasteiger partial charge in [-0.15, -0.1) is 0 Å². The fourth-order valence-electron chi connectivity index (χ4n) is 3.30. The summed E-state index contributed by atoms with van der Waals surface area (Å²) in [4.78, 5) is 4.12. The van der Waals surface area contributed by atoms with Crippen molar-refractivity contribution in [2.75, 3.05) is 18.1 Å². The van der Waals surface area contributed by atoms with E-state index in [0.29, 0.717) is 23.2 Å². The summed E-state index contributed by atoms with van der Waals surface area (Å²) in [5.74, 6) is 0.715. The number of nitrogens with zero attached hydrogens (tertiary/aromatic N) is 2. The molecule has 4 rings (SSSR count). The minimum absolute atomic E-state index is 0.0518. The lowest BCUT2D eigenvalue weighted by atomic mass is 10.1. The minimum Gasteiger partial charge on any atom is -0.399 e. The third-order valence-electron chi connectivity index (χ3n) is 4.70. The van der Waals surface area contributed by atoms with E-state index in [0.717, 1.165) is 22.8 Å². The van der Waals surface area contributed by atoms with Gasteiger partial charge in [0.15, 0.2) is 0 Å². The van der Waals surface area contributed by atoms with Gasteiger partial charge in [-0.2, -0.15) is 11.8 Å². The Kier molecular flexibility index (Phi) is 6.37. The Bertz CT molecular complexity index is 953. The quantitative estimate of drug-likeness (QED) is 0.515. The average molecular weight is 450 g/mol. The lowest BCUT2D eigenvalue weighted by Crippen LogP contribution is -2.34. The lowest BCUT2D eigenvalue weighted by molar-refractivity contribution is -0.184. The van der Waals surface area contributed by atoms with E-state index in [4.69, 9.17) is 38.4 Å². The summed E-state index contributed by atoms with van der Waals surface area (Å²) in [7, 11) is 0. The Labute approximate surface area is 184 Å². The highest BCUT2D eigenvalue weighted by Crippen LogP contribution is 2.41. The van der Waals surface area contributed by atoms with Crippen LogP contribution in [-0.2, 0) is 27.6 Å². The van der Waals surface area contributed by atoms with Crippen LogP contribution in [0.15, 0.2) is 61.2 Å². The smallest absolute Gasteiger partial charge is 0.215 e. The lowest BCUT2D eigenvalue weighted by Gasteiger charge is -2.30. The van der Waals surface area contributed by atoms with Crippen LogP contribution in [0.2, 0.25) is 10.0 Å². The number of hydrogen-bond acceptors (Lipinski definition) is 5. The molecule has 0 bridgehead atoms. The number of imidazole rings is 1. The summed E-state index contributed by atoms with van der Waals surface area (Å²) in [6, 6.07) is 13.3. The minimum atomic E-state index is -0.977. The van der Waals surface area contributed by atoms with Crippen molar-refractivity contribution in [3.05, 3.63) is 82.4 Å². The van der Waals surface area contributed by atoms with Crippen molar-refractivity contribution in [2.45, 2.75) is 24.2 Å². The zero-order chi connectivity index (χ0) is 20.3. The first kappa shape index (κ1) is 20.6. The predicted molar refractivity (Wildman–Crippen MR) is 118 cm³/mol. The average Bonchev–Trinajstić information content (AvgIpc) is 3.34. The summed E-state index contributed by atoms with van der Waals surface area (Å²) in [5.41, 5.74) is 8.52. The highest BCUT2D eigenvalue weighted by Gasteiger charge is 2.44. The normalized spacial score (nSPS) is 21.5. The number of halogens is 2. The fourth-order valence-corrected chi connectivity index (χ4v) is 4.82. The molecule has 8 heteroatoms. The standard InChI is InChI=1S/C21H21Cl2N3O2S/c22-16-3-6-19(20(23)9-16)21(13-26-8-7-25-14-26)27-10-18(28-21)12-29-11-15-1-4-17(24)5-2-15/h1-9,14,18H,10-13,24H2/t18-,21+/m0/s1. The Hall–Kier alpha value is -1.70. The molecule has 2 heterocycles. The number of aromatic nitrogens is 2. The van der Waals surface area contributed by atoms with E-state index in [1.54, 1.807) is 36.4 Å². The maximum absolute atomic E-state index is 6.50. The van der Waals surface area contributed by atoms with Gasteiger partial charge in [0.05, 0.1) is 30.6 Å². The van der Waals surface area contributed by atoms with Crippen molar-refractivity contribution in [3.63, 3.8) is 0 Å². The van der Waals surface area contributed by atoms with Gasteiger partial charge in [0.1, 0.15) is 0 Å². The van der Waals surface area contributed by atoms with Crippen LogP contribution >= 0.6 is 35.0 Å². The molecule has 2 aromatic carbocycles. The molecule has 0 spiro atoms. The molecule has 0 amide bonds. The van der Waals surface area contributed by atoms with E-state index in [-0.39, 0.29) is 6.10 Å². The molecular weight excluding hydrogens is 429 g/mol. The van der Waals surface area contributed by atoms with Crippen LogP contribution in [0.4, 0.5) is 5.69 Å². The van der Waals surface area contributed by atoms with Gasteiger partial charge in [0, 0.05) is 40.2 Å². The van der Waals surface area contributed by atoms with Gasteiger partial charge in [-0.05, 0) is 29.8 Å². The zero-order valence-corrected chi connectivity index (χ0v) is 18.0. The first-order chi connectivity index (χ1) is 14.0. The molecule has 0 radical (unpaired) electrons. The Morgan fingerprint density at radius 3 is 2.76 bits per heavy atom. The molecule has 1 aliphatic heterocycles. The Morgan fingerprint density at radius 2 is 2.03 bits per heavy atom. The largest absolute Gasteiger partial charge is 0.399 e. The van der Waals surface area contributed by atoms with Crippen LogP contribution in [-0.4, -0.2) is 28.0 Å². The van der Waals surface area contributed by atoms with Gasteiger partial charge in [-0.1, -0.05) is 41.4 Å². The van der Waals surface area contributed by atoms with Gasteiger partial charge < -0.3 is 19.8 Å². The van der Waals surface area contributed by atoms with Gasteiger partial charge in [0.25, 0.3) is 0 Å². The van der Waals surface area contributed by atoms with Crippen LogP contribution < -0.4 is 5.73 Å². The summed E-state index contributed by atoms with van der Waals surface area (Å²) in [5, 5.41) is 1.10. The van der Waals surface area contributed by atoms with Crippen molar-refractivity contribution in [1.29, 1.82) is 0 Å². The zero-order valence-electron chi connectivity index (χ0n) is 15.6. The van der Waals surface area contributed by atoms with E-state index in [1.807, 2.05) is 41.1 Å². The van der Waals surface area contributed by atoms with Crippen molar-refractivity contribution in [1.82, 2.24) is 9.55 Å². The van der Waals surface area contributed by atoms with Gasteiger partial charge in [0.2, 0.25) is 5.79 Å². The monoisotopic (exact) mass is 449 g/mol. The predicted octanol–water partition coefficient (Wildman–Crippen LogP) is 4.97. The van der Waals surface area contributed by atoms with Crippen molar-refractivity contribution in [3.8, 4) is 0 Å². The first-order valence-electron chi connectivity index (χ1n) is 9.19. The Morgan fingerprint density at radius 1 is 1.21 bits per heavy atom. The van der Waals surface area contributed by atoms with Crippen molar-refractivity contribution in [2.24, 2.45) is 0 Å². The second kappa shape index (κ2) is 8.98. The highest BCUT2D eigenvalue weighted by molar-refractivity contribution is 7.98. The van der Waals surface area contributed by atoms with Crippen LogP contribution in [0, 0.1) is 0 Å². The van der Waals surface area contributed by atoms with Gasteiger partial charge >= 0.3 is 0 Å². The molecule has 1 saturated heterocycles. The molecule has 0 saturated carbocycles. The molecule has 0 unspecified atom stereocenters. The second-order valence-corrected chi connectivity index (χ2v) is 8.79. The summed E-state index contributed by atoms with van der Waals surface area (Å²) < 4.78 is 14.6. The van der Waals surface area contributed by atoms with Crippen LogP contribution in [0.25, 0.3) is 0 Å². The third-order valence-corrected chi connectivity index (χ3v) is 6.40. The SMILES string of the molecule is Nc1ccc(CSC[C@@H]2CO[C@@](Cn3ccnc3)(c3ccc(Cl)cc3Cl)O2)cc1. The third kappa shape index (κ3) is 4.90. The van der Waals surface area contributed by atoms with E-state index in [1.165, 1.54) is 5.56 Å². The molecule has 1 aliphatic rings. The topological polar surface area (TPSA) is 62.3 Å². The molecular formula is C21H21Cl2N3O2S. The Balaban J connectivity index is 1.47. The fraction of sp³-hybridized carbons (Fsp3) is 0.286. The van der Waals surface area contributed by atoms with E-state index >= 15 is 0 Å². The van der Waals surface area contributed by atoms with Crippen LogP contribution in [0.5, 0.6) is 0 Å². The van der Waals surface area contributed by atoms with Crippen molar-refractivity contribution >= 4 is 40.7 Å². The van der Waals surface area contributed by atoms with E-state index in [9.17, 15) is 0 Å². The number of nitrogens with two attached hydrogens (primary N) is 1. The molecule has 152 valence electrons. The molecule has 5 nitrogen and oxygen atoms in total. The maximum atomic E-state index is 6.50.